The van der Waals surface area contributed by atoms with E-state index in [1.165, 1.54) is 0 Å². The van der Waals surface area contributed by atoms with Gasteiger partial charge in [-0.3, -0.25) is 14.3 Å². The summed E-state index contributed by atoms with van der Waals surface area (Å²) in [7, 11) is 0. The summed E-state index contributed by atoms with van der Waals surface area (Å²) in [6.45, 7) is 1.82. The Bertz CT molecular complexity index is 694. The van der Waals surface area contributed by atoms with Gasteiger partial charge in [-0.1, -0.05) is 48.9 Å². The molecule has 6 heteroatoms. The third kappa shape index (κ3) is 2.46. The number of aromatic nitrogens is 2. The summed E-state index contributed by atoms with van der Waals surface area (Å²) >= 11 is 5.44. The molecule has 2 rings (SSSR count). The lowest BCUT2D eigenvalue weighted by molar-refractivity contribution is 0.483. The lowest BCUT2D eigenvalue weighted by Gasteiger charge is -2.17. The summed E-state index contributed by atoms with van der Waals surface area (Å²) in [6, 6.07) is 8.46. The average Bonchev–Trinajstić information content (AvgIpc) is 2.42. The smallest absolute Gasteiger partial charge is 0.295 e. The molecule has 1 aromatic heterocycles. The van der Waals surface area contributed by atoms with Crippen LogP contribution in [-0.4, -0.2) is 9.55 Å². The molecule has 1 aromatic carbocycles. The number of rotatable bonds is 3. The molecule has 4 nitrogen and oxygen atoms in total. The number of benzene rings is 1. The lowest BCUT2D eigenvalue weighted by Crippen LogP contribution is -2.40. The number of aromatic amines is 1. The van der Waals surface area contributed by atoms with Crippen LogP contribution >= 0.6 is 11.6 Å². The molecule has 100 valence electrons. The number of nitrogens with zero attached hydrogens (tertiary/aromatic N) is 1. The molecule has 0 aliphatic heterocycles. The molecule has 0 saturated heterocycles. The van der Waals surface area contributed by atoms with Crippen LogP contribution in [0.1, 0.15) is 24.9 Å². The van der Waals surface area contributed by atoms with Gasteiger partial charge in [-0.05, 0) is 12.0 Å². The van der Waals surface area contributed by atoms with Gasteiger partial charge in [-0.25, -0.2) is 4.79 Å². The molecule has 1 atom stereocenters. The third-order valence-electron chi connectivity index (χ3n) is 2.92. The molecule has 0 aliphatic carbocycles. The van der Waals surface area contributed by atoms with Crippen LogP contribution in [0.2, 0.25) is 5.15 Å². The average molecular weight is 283 g/mol. The second kappa shape index (κ2) is 5.40. The quantitative estimate of drug-likeness (QED) is 0.879. The molecule has 1 N–H and O–H groups in total. The van der Waals surface area contributed by atoms with Crippen molar-refractivity contribution in [3.8, 4) is 0 Å². The maximum atomic E-state index is 13.5. The van der Waals surface area contributed by atoms with Crippen molar-refractivity contribution in [3.63, 3.8) is 0 Å². The summed E-state index contributed by atoms with van der Waals surface area (Å²) in [6.07, 6.45) is 0.480. The zero-order valence-electron chi connectivity index (χ0n) is 10.2. The standard InChI is InChI=1S/C13H12ClFN2O2/c1-2-9(8-6-4-3-5-7-8)17-12(18)10(15)11(14)16-13(17)19/h3-7,9H,2H2,1H3,(H,16,19). The molecule has 19 heavy (non-hydrogen) atoms. The Balaban J connectivity index is 2.67. The van der Waals surface area contributed by atoms with E-state index < -0.39 is 28.3 Å². The molecule has 0 amide bonds. The van der Waals surface area contributed by atoms with Crippen LogP contribution in [0.15, 0.2) is 39.9 Å². The Morgan fingerprint density at radius 3 is 2.53 bits per heavy atom. The summed E-state index contributed by atoms with van der Waals surface area (Å²) in [4.78, 5) is 25.8. The molecule has 0 spiro atoms. The third-order valence-corrected chi connectivity index (χ3v) is 3.18. The van der Waals surface area contributed by atoms with Crippen molar-refractivity contribution in [1.82, 2.24) is 9.55 Å². The zero-order chi connectivity index (χ0) is 14.0. The van der Waals surface area contributed by atoms with E-state index in [-0.39, 0.29) is 0 Å². The molecular weight excluding hydrogens is 271 g/mol. The van der Waals surface area contributed by atoms with Crippen LogP contribution in [-0.2, 0) is 0 Å². The Labute approximate surface area is 113 Å². The van der Waals surface area contributed by atoms with Crippen molar-refractivity contribution in [2.75, 3.05) is 0 Å². The largest absolute Gasteiger partial charge is 0.330 e. The highest BCUT2D eigenvalue weighted by atomic mass is 35.5. The minimum atomic E-state index is -1.14. The van der Waals surface area contributed by atoms with Crippen molar-refractivity contribution in [2.45, 2.75) is 19.4 Å². The number of H-pyrrole nitrogens is 1. The van der Waals surface area contributed by atoms with Gasteiger partial charge in [-0.2, -0.15) is 4.39 Å². The van der Waals surface area contributed by atoms with Gasteiger partial charge in [0.25, 0.3) is 5.56 Å². The summed E-state index contributed by atoms with van der Waals surface area (Å²) in [5.74, 6) is -1.14. The van der Waals surface area contributed by atoms with Crippen molar-refractivity contribution in [2.24, 2.45) is 0 Å². The Kier molecular flexibility index (Phi) is 3.85. The normalized spacial score (nSPS) is 12.4. The van der Waals surface area contributed by atoms with Crippen molar-refractivity contribution in [3.05, 3.63) is 67.7 Å². The lowest BCUT2D eigenvalue weighted by atomic mass is 10.0. The molecule has 1 unspecified atom stereocenters. The molecule has 0 saturated carbocycles. The summed E-state index contributed by atoms with van der Waals surface area (Å²) in [5, 5.41) is -0.561. The van der Waals surface area contributed by atoms with E-state index in [0.29, 0.717) is 6.42 Å². The Hall–Kier alpha value is -1.88. The van der Waals surface area contributed by atoms with Gasteiger partial charge in [0.05, 0.1) is 6.04 Å². The second-order valence-electron chi connectivity index (χ2n) is 4.07. The molecule has 0 bridgehead atoms. The van der Waals surface area contributed by atoms with Crippen LogP contribution in [0.25, 0.3) is 0 Å². The van der Waals surface area contributed by atoms with Gasteiger partial charge >= 0.3 is 5.69 Å². The Morgan fingerprint density at radius 1 is 1.32 bits per heavy atom. The second-order valence-corrected chi connectivity index (χ2v) is 4.45. The van der Waals surface area contributed by atoms with Gasteiger partial charge in [0.2, 0.25) is 5.82 Å². The summed E-state index contributed by atoms with van der Waals surface area (Å²) in [5.41, 5.74) is -0.962. The van der Waals surface area contributed by atoms with Gasteiger partial charge in [0.1, 0.15) is 0 Å². The van der Waals surface area contributed by atoms with Crippen LogP contribution in [0.3, 0.4) is 0 Å². The van der Waals surface area contributed by atoms with Crippen LogP contribution in [0.5, 0.6) is 0 Å². The predicted molar refractivity (Wildman–Crippen MR) is 71.2 cm³/mol. The van der Waals surface area contributed by atoms with E-state index in [4.69, 9.17) is 11.6 Å². The van der Waals surface area contributed by atoms with E-state index in [0.717, 1.165) is 10.1 Å². The van der Waals surface area contributed by atoms with Gasteiger partial charge in [0, 0.05) is 0 Å². The number of halogens is 2. The van der Waals surface area contributed by atoms with Gasteiger partial charge in [-0.15, -0.1) is 0 Å². The number of nitrogens with one attached hydrogen (secondary N) is 1. The maximum Gasteiger partial charge on any atom is 0.330 e. The van der Waals surface area contributed by atoms with E-state index in [9.17, 15) is 14.0 Å². The van der Waals surface area contributed by atoms with Gasteiger partial charge < -0.3 is 0 Å². The fourth-order valence-corrected chi connectivity index (χ4v) is 2.19. The number of hydrogen-bond acceptors (Lipinski definition) is 2. The fourth-order valence-electron chi connectivity index (χ4n) is 2.03. The molecule has 2 aromatic rings. The molecule has 1 heterocycles. The van der Waals surface area contributed by atoms with Crippen molar-refractivity contribution < 1.29 is 4.39 Å². The summed E-state index contributed by atoms with van der Waals surface area (Å²) < 4.78 is 14.4. The van der Waals surface area contributed by atoms with E-state index in [1.807, 2.05) is 13.0 Å². The predicted octanol–water partition coefficient (Wildman–Crippen LogP) is 2.33. The molecule has 0 radical (unpaired) electrons. The van der Waals surface area contributed by atoms with Crippen molar-refractivity contribution in [1.29, 1.82) is 0 Å². The first-order chi connectivity index (χ1) is 9.06. The first kappa shape index (κ1) is 13.5. The van der Waals surface area contributed by atoms with E-state index in [1.54, 1.807) is 24.3 Å². The van der Waals surface area contributed by atoms with Gasteiger partial charge in [0.15, 0.2) is 5.15 Å². The highest BCUT2D eigenvalue weighted by Gasteiger charge is 2.20. The highest BCUT2D eigenvalue weighted by molar-refractivity contribution is 6.29. The minimum absolute atomic E-state index is 0.480. The van der Waals surface area contributed by atoms with Crippen molar-refractivity contribution >= 4 is 11.6 Å². The topological polar surface area (TPSA) is 54.9 Å². The van der Waals surface area contributed by atoms with Crippen LogP contribution < -0.4 is 11.2 Å². The zero-order valence-corrected chi connectivity index (χ0v) is 10.9. The minimum Gasteiger partial charge on any atom is -0.295 e. The van der Waals surface area contributed by atoms with E-state index >= 15 is 0 Å². The van der Waals surface area contributed by atoms with Crippen LogP contribution in [0.4, 0.5) is 4.39 Å². The molecule has 0 fully saturated rings. The maximum absolute atomic E-state index is 13.5. The monoisotopic (exact) mass is 282 g/mol. The SMILES string of the molecule is CCC(c1ccccc1)n1c(=O)[nH]c(Cl)c(F)c1=O. The highest BCUT2D eigenvalue weighted by Crippen LogP contribution is 2.18. The fraction of sp³-hybridized carbons (Fsp3) is 0.231. The molecular formula is C13H12ClFN2O2. The first-order valence-electron chi connectivity index (χ1n) is 5.81. The number of hydrogen-bond donors (Lipinski definition) is 1. The first-order valence-corrected chi connectivity index (χ1v) is 6.18. The Morgan fingerprint density at radius 2 is 1.95 bits per heavy atom. The molecule has 0 aliphatic rings. The van der Waals surface area contributed by atoms with E-state index in [2.05, 4.69) is 4.98 Å². The van der Waals surface area contributed by atoms with Crippen LogP contribution in [0, 0.1) is 5.82 Å².